The Hall–Kier alpha value is -1.79. The highest BCUT2D eigenvalue weighted by Crippen LogP contribution is 1.97. The zero-order valence-corrected chi connectivity index (χ0v) is 10.1. The molecule has 0 aliphatic rings. The number of alkyl carbamates (subject to hydrolysis) is 1. The summed E-state index contributed by atoms with van der Waals surface area (Å²) >= 11 is 0. The molecule has 7 nitrogen and oxygen atoms in total. The van der Waals surface area contributed by atoms with E-state index < -0.39 is 12.1 Å². The molecule has 0 aliphatic carbocycles. The van der Waals surface area contributed by atoms with Crippen LogP contribution in [0.25, 0.3) is 0 Å². The number of carbonyl (C=O) groups excluding carboxylic acids is 2. The van der Waals surface area contributed by atoms with Crippen LogP contribution in [0.4, 0.5) is 4.79 Å². The summed E-state index contributed by atoms with van der Waals surface area (Å²) in [5.74, 6) is -1.09. The van der Waals surface area contributed by atoms with E-state index >= 15 is 0 Å². The minimum atomic E-state index is -0.841. The van der Waals surface area contributed by atoms with E-state index in [1.165, 1.54) is 12.0 Å². The maximum Gasteiger partial charge on any atom is 0.407 e. The van der Waals surface area contributed by atoms with Crippen LogP contribution in [0.5, 0.6) is 0 Å². The lowest BCUT2D eigenvalue weighted by atomic mass is 10.2. The standard InChI is InChI=1S/C10H18N2O5/c1-12(6-4-3-5-9(14)15)8(13)7-11-10(16)17-2/h3-7H2,1-2H3,(H,11,16)(H,14,15). The summed E-state index contributed by atoms with van der Waals surface area (Å²) < 4.78 is 4.32. The smallest absolute Gasteiger partial charge is 0.407 e. The van der Waals surface area contributed by atoms with Crippen LogP contribution in [-0.2, 0) is 14.3 Å². The van der Waals surface area contributed by atoms with Crippen LogP contribution in [0.3, 0.4) is 0 Å². The molecule has 0 radical (unpaired) electrons. The van der Waals surface area contributed by atoms with Gasteiger partial charge in [-0.1, -0.05) is 0 Å². The number of carboxylic acids is 1. The fourth-order valence-corrected chi connectivity index (χ4v) is 1.10. The number of unbranched alkanes of at least 4 members (excludes halogenated alkanes) is 1. The Labute approximate surface area is 99.7 Å². The van der Waals surface area contributed by atoms with Crippen molar-refractivity contribution in [2.24, 2.45) is 0 Å². The van der Waals surface area contributed by atoms with Gasteiger partial charge in [-0.05, 0) is 12.8 Å². The Morgan fingerprint density at radius 3 is 2.47 bits per heavy atom. The number of nitrogens with zero attached hydrogens (tertiary/aromatic N) is 1. The first-order chi connectivity index (χ1) is 7.97. The number of nitrogens with one attached hydrogen (secondary N) is 1. The zero-order valence-electron chi connectivity index (χ0n) is 10.1. The van der Waals surface area contributed by atoms with Gasteiger partial charge in [0.05, 0.1) is 7.11 Å². The van der Waals surface area contributed by atoms with E-state index in [4.69, 9.17) is 5.11 Å². The molecule has 0 aromatic rings. The maximum absolute atomic E-state index is 11.4. The number of aliphatic carboxylic acids is 1. The van der Waals surface area contributed by atoms with Gasteiger partial charge in [0, 0.05) is 20.0 Å². The molecule has 0 saturated heterocycles. The van der Waals surface area contributed by atoms with Crippen molar-refractivity contribution in [1.29, 1.82) is 0 Å². The van der Waals surface area contributed by atoms with Crippen molar-refractivity contribution < 1.29 is 24.2 Å². The number of likely N-dealkylation sites (N-methyl/N-ethyl adjacent to an activating group) is 1. The lowest BCUT2D eigenvalue weighted by molar-refractivity contribution is -0.137. The number of ether oxygens (including phenoxy) is 1. The number of hydrogen-bond donors (Lipinski definition) is 2. The summed E-state index contributed by atoms with van der Waals surface area (Å²) in [5, 5.41) is 10.7. The van der Waals surface area contributed by atoms with Crippen molar-refractivity contribution in [3.05, 3.63) is 0 Å². The average molecular weight is 246 g/mol. The molecule has 7 heteroatoms. The molecule has 0 aromatic carbocycles. The Bertz CT molecular complexity index is 280. The van der Waals surface area contributed by atoms with Gasteiger partial charge in [0.2, 0.25) is 5.91 Å². The number of rotatable bonds is 7. The summed E-state index contributed by atoms with van der Waals surface area (Å²) in [4.78, 5) is 33.8. The van der Waals surface area contributed by atoms with Gasteiger partial charge >= 0.3 is 12.1 Å². The predicted octanol–water partition coefficient (Wildman–Crippen LogP) is 0.0557. The second kappa shape index (κ2) is 8.37. The molecule has 0 unspecified atom stereocenters. The van der Waals surface area contributed by atoms with E-state index in [1.807, 2.05) is 0 Å². The predicted molar refractivity (Wildman–Crippen MR) is 59.5 cm³/mol. The van der Waals surface area contributed by atoms with Crippen LogP contribution in [0.15, 0.2) is 0 Å². The van der Waals surface area contributed by atoms with Gasteiger partial charge in [0.1, 0.15) is 6.54 Å². The molecule has 0 saturated carbocycles. The van der Waals surface area contributed by atoms with Crippen LogP contribution in [-0.4, -0.2) is 55.2 Å². The van der Waals surface area contributed by atoms with Gasteiger partial charge in [-0.3, -0.25) is 9.59 Å². The van der Waals surface area contributed by atoms with E-state index in [0.717, 1.165) is 0 Å². The van der Waals surface area contributed by atoms with E-state index in [9.17, 15) is 14.4 Å². The number of carbonyl (C=O) groups is 3. The minimum Gasteiger partial charge on any atom is -0.481 e. The van der Waals surface area contributed by atoms with Gasteiger partial charge in [0.15, 0.2) is 0 Å². The molecule has 0 spiro atoms. The lowest BCUT2D eigenvalue weighted by Gasteiger charge is -2.16. The highest BCUT2D eigenvalue weighted by molar-refractivity contribution is 5.81. The molecule has 2 amide bonds. The number of methoxy groups -OCH3 is 1. The van der Waals surface area contributed by atoms with Gasteiger partial charge in [-0.15, -0.1) is 0 Å². The van der Waals surface area contributed by atoms with Crippen molar-refractivity contribution in [2.75, 3.05) is 27.2 Å². The Morgan fingerprint density at radius 1 is 1.29 bits per heavy atom. The monoisotopic (exact) mass is 246 g/mol. The summed E-state index contributed by atoms with van der Waals surface area (Å²) in [6.45, 7) is 0.344. The summed E-state index contributed by atoms with van der Waals surface area (Å²) in [7, 11) is 2.82. The van der Waals surface area contributed by atoms with Crippen molar-refractivity contribution in [2.45, 2.75) is 19.3 Å². The van der Waals surface area contributed by atoms with Crippen LogP contribution >= 0.6 is 0 Å². The van der Waals surface area contributed by atoms with Gasteiger partial charge in [-0.25, -0.2) is 4.79 Å². The highest BCUT2D eigenvalue weighted by Gasteiger charge is 2.10. The fraction of sp³-hybridized carbons (Fsp3) is 0.700. The second-order valence-electron chi connectivity index (χ2n) is 3.51. The first kappa shape index (κ1) is 15.2. The van der Waals surface area contributed by atoms with E-state index in [-0.39, 0.29) is 18.9 Å². The van der Waals surface area contributed by atoms with Crippen LogP contribution in [0.2, 0.25) is 0 Å². The molecule has 0 aliphatic heterocycles. The molecule has 0 bridgehead atoms. The van der Waals surface area contributed by atoms with E-state index in [0.29, 0.717) is 19.4 Å². The molecule has 0 rings (SSSR count). The van der Waals surface area contributed by atoms with Crippen molar-refractivity contribution >= 4 is 18.0 Å². The van der Waals surface area contributed by atoms with Crippen molar-refractivity contribution in [3.63, 3.8) is 0 Å². The summed E-state index contributed by atoms with van der Waals surface area (Å²) in [6, 6.07) is 0. The molecule has 98 valence electrons. The lowest BCUT2D eigenvalue weighted by Crippen LogP contribution is -2.38. The Balaban J connectivity index is 3.67. The van der Waals surface area contributed by atoms with Crippen molar-refractivity contribution in [3.8, 4) is 0 Å². The number of carboxylic acid groups (broad SMARTS) is 1. The maximum atomic E-state index is 11.4. The van der Waals surface area contributed by atoms with Crippen LogP contribution < -0.4 is 5.32 Å². The summed E-state index contributed by atoms with van der Waals surface area (Å²) in [6.07, 6.45) is 0.588. The molecule has 0 aromatic heterocycles. The van der Waals surface area contributed by atoms with Crippen LogP contribution in [0.1, 0.15) is 19.3 Å². The highest BCUT2D eigenvalue weighted by atomic mass is 16.5. The quantitative estimate of drug-likeness (QED) is 0.619. The van der Waals surface area contributed by atoms with Gasteiger partial charge in [0.25, 0.3) is 0 Å². The van der Waals surface area contributed by atoms with Gasteiger partial charge < -0.3 is 20.1 Å². The molecular formula is C10H18N2O5. The normalized spacial score (nSPS) is 9.53. The van der Waals surface area contributed by atoms with E-state index in [1.54, 1.807) is 7.05 Å². The van der Waals surface area contributed by atoms with Crippen molar-refractivity contribution in [1.82, 2.24) is 10.2 Å². The third kappa shape index (κ3) is 8.06. The topological polar surface area (TPSA) is 95.9 Å². The molecule has 17 heavy (non-hydrogen) atoms. The second-order valence-corrected chi connectivity index (χ2v) is 3.51. The largest absolute Gasteiger partial charge is 0.481 e. The number of amides is 2. The fourth-order valence-electron chi connectivity index (χ4n) is 1.10. The molecular weight excluding hydrogens is 228 g/mol. The minimum absolute atomic E-state index is 0.0996. The summed E-state index contributed by atoms with van der Waals surface area (Å²) in [5.41, 5.74) is 0. The van der Waals surface area contributed by atoms with Gasteiger partial charge in [-0.2, -0.15) is 0 Å². The van der Waals surface area contributed by atoms with Crippen LogP contribution in [0, 0.1) is 0 Å². The third-order valence-electron chi connectivity index (χ3n) is 2.13. The average Bonchev–Trinajstić information content (AvgIpc) is 2.30. The Morgan fingerprint density at radius 2 is 1.94 bits per heavy atom. The Kier molecular flexibility index (Phi) is 7.49. The van der Waals surface area contributed by atoms with E-state index in [2.05, 4.69) is 10.1 Å². The molecule has 0 heterocycles. The first-order valence-electron chi connectivity index (χ1n) is 5.25. The molecule has 0 fully saturated rings. The SMILES string of the molecule is COC(=O)NCC(=O)N(C)CCCCC(=O)O. The molecule has 2 N–H and O–H groups in total. The zero-order chi connectivity index (χ0) is 13.3. The third-order valence-corrected chi connectivity index (χ3v) is 2.13. The number of hydrogen-bond acceptors (Lipinski definition) is 4. The first-order valence-corrected chi connectivity index (χ1v) is 5.25. The molecule has 0 atom stereocenters.